The Morgan fingerprint density at radius 3 is 2.89 bits per heavy atom. The molecule has 102 valence electrons. The van der Waals surface area contributed by atoms with Gasteiger partial charge in [0.2, 0.25) is 10.0 Å². The summed E-state index contributed by atoms with van der Waals surface area (Å²) in [7, 11) is -3.63. The highest BCUT2D eigenvalue weighted by molar-refractivity contribution is 9.10. The van der Waals surface area contributed by atoms with Gasteiger partial charge < -0.3 is 0 Å². The van der Waals surface area contributed by atoms with Crippen molar-refractivity contribution < 1.29 is 8.42 Å². The van der Waals surface area contributed by atoms with Crippen molar-refractivity contribution in [1.82, 2.24) is 9.71 Å². The average molecular weight is 374 g/mol. The quantitative estimate of drug-likeness (QED) is 0.779. The molecule has 0 aliphatic rings. The molecule has 1 atom stereocenters. The minimum Gasteiger partial charge on any atom is -0.242 e. The molecule has 0 amide bonds. The van der Waals surface area contributed by atoms with Crippen LogP contribution in [0.15, 0.2) is 21.6 Å². The first-order valence-electron chi connectivity index (χ1n) is 5.28. The largest absolute Gasteiger partial charge is 0.243 e. The lowest BCUT2D eigenvalue weighted by atomic mass is 10.4. The van der Waals surface area contributed by atoms with E-state index < -0.39 is 10.0 Å². The molecule has 0 spiro atoms. The van der Waals surface area contributed by atoms with Gasteiger partial charge in [-0.15, -0.1) is 0 Å². The van der Waals surface area contributed by atoms with Crippen molar-refractivity contribution >= 4 is 49.3 Å². The molecule has 8 heteroatoms. The van der Waals surface area contributed by atoms with Gasteiger partial charge in [0.25, 0.3) is 0 Å². The molecule has 0 aliphatic heterocycles. The van der Waals surface area contributed by atoms with Gasteiger partial charge >= 0.3 is 0 Å². The van der Waals surface area contributed by atoms with E-state index >= 15 is 0 Å². The normalized spacial score (nSPS) is 13.6. The first-order chi connectivity index (χ1) is 8.36. The molecule has 0 aliphatic carbocycles. The first kappa shape index (κ1) is 16.2. The van der Waals surface area contributed by atoms with Crippen molar-refractivity contribution in [3.8, 4) is 0 Å². The summed E-state index contributed by atoms with van der Waals surface area (Å²) >= 11 is 10.7. The minimum atomic E-state index is -3.63. The summed E-state index contributed by atoms with van der Waals surface area (Å²) in [5, 5.41) is -0.0268. The Bertz CT molecular complexity index is 511. The van der Waals surface area contributed by atoms with Crippen LogP contribution in [-0.2, 0) is 10.0 Å². The second kappa shape index (κ2) is 7.09. The fourth-order valence-corrected chi connectivity index (χ4v) is 4.22. The van der Waals surface area contributed by atoms with Gasteiger partial charge in [0.05, 0.1) is 0 Å². The van der Waals surface area contributed by atoms with Crippen molar-refractivity contribution in [3.63, 3.8) is 0 Å². The molecule has 0 fully saturated rings. The topological polar surface area (TPSA) is 59.1 Å². The number of hydrogen-bond donors (Lipinski definition) is 1. The lowest BCUT2D eigenvalue weighted by molar-refractivity contribution is 0.570. The van der Waals surface area contributed by atoms with Crippen LogP contribution in [-0.4, -0.2) is 30.9 Å². The summed E-state index contributed by atoms with van der Waals surface area (Å²) in [5.74, 6) is 1.67. The average Bonchev–Trinajstić information content (AvgIpc) is 2.29. The van der Waals surface area contributed by atoms with Gasteiger partial charge in [0.1, 0.15) is 10.0 Å². The Morgan fingerprint density at radius 2 is 2.28 bits per heavy atom. The van der Waals surface area contributed by atoms with Crippen LogP contribution >= 0.6 is 39.3 Å². The fraction of sp³-hybridized carbons (Fsp3) is 0.500. The molecule has 1 unspecified atom stereocenters. The molecular formula is C10H14BrClN2O2S2. The zero-order chi connectivity index (χ0) is 13.8. The highest BCUT2D eigenvalue weighted by Gasteiger charge is 2.21. The number of thioether (sulfide) groups is 1. The summed E-state index contributed by atoms with van der Waals surface area (Å²) < 4.78 is 27.4. The van der Waals surface area contributed by atoms with Crippen molar-refractivity contribution in [2.75, 3.05) is 11.5 Å². The molecule has 0 saturated carbocycles. The third-order valence-electron chi connectivity index (χ3n) is 1.99. The molecule has 0 saturated heterocycles. The van der Waals surface area contributed by atoms with Gasteiger partial charge in [-0.2, -0.15) is 11.8 Å². The first-order valence-corrected chi connectivity index (χ1v) is 9.08. The molecule has 1 aromatic heterocycles. The van der Waals surface area contributed by atoms with Crippen LogP contribution in [0.1, 0.15) is 13.8 Å². The lowest BCUT2D eigenvalue weighted by Gasteiger charge is -2.14. The van der Waals surface area contributed by atoms with Gasteiger partial charge in [-0.25, -0.2) is 18.1 Å². The predicted molar refractivity (Wildman–Crippen MR) is 79.7 cm³/mol. The molecule has 1 N–H and O–H groups in total. The van der Waals surface area contributed by atoms with E-state index in [-0.39, 0.29) is 16.1 Å². The van der Waals surface area contributed by atoms with Crippen molar-refractivity contribution in [1.29, 1.82) is 0 Å². The standard InChI is InChI=1S/C10H14BrClN2O2S2/c1-3-17-6-7(2)14-18(15,16)9-4-8(11)5-13-10(9)12/h4-5,7,14H,3,6H2,1-2H3. The molecule has 1 aromatic rings. The predicted octanol–water partition coefficient (Wildman–Crippen LogP) is 2.92. The van der Waals surface area contributed by atoms with Gasteiger partial charge in [0.15, 0.2) is 0 Å². The third kappa shape index (κ3) is 4.70. The number of sulfonamides is 1. The molecule has 1 heterocycles. The fourth-order valence-electron chi connectivity index (χ4n) is 1.25. The van der Waals surface area contributed by atoms with Gasteiger partial charge in [-0.1, -0.05) is 18.5 Å². The number of halogens is 2. The molecule has 0 aromatic carbocycles. The van der Waals surface area contributed by atoms with Crippen LogP contribution in [0.3, 0.4) is 0 Å². The zero-order valence-electron chi connectivity index (χ0n) is 9.98. The van der Waals surface area contributed by atoms with Crippen LogP contribution < -0.4 is 4.72 Å². The Labute approximate surface area is 125 Å². The van der Waals surface area contributed by atoms with E-state index in [1.165, 1.54) is 12.3 Å². The smallest absolute Gasteiger partial charge is 0.242 e. The van der Waals surface area contributed by atoms with E-state index in [2.05, 4.69) is 25.6 Å². The molecule has 0 radical (unpaired) electrons. The Balaban J connectivity index is 2.89. The summed E-state index contributed by atoms with van der Waals surface area (Å²) in [6.45, 7) is 3.85. The third-order valence-corrected chi connectivity index (χ3v) is 5.59. The molecule has 18 heavy (non-hydrogen) atoms. The van der Waals surface area contributed by atoms with Crippen molar-refractivity contribution in [2.24, 2.45) is 0 Å². The second-order valence-electron chi connectivity index (χ2n) is 3.62. The maximum atomic E-state index is 12.1. The number of rotatable bonds is 6. The van der Waals surface area contributed by atoms with Gasteiger partial charge in [0, 0.05) is 22.5 Å². The maximum absolute atomic E-state index is 12.1. The lowest BCUT2D eigenvalue weighted by Crippen LogP contribution is -2.34. The number of aromatic nitrogens is 1. The van der Waals surface area contributed by atoms with E-state index in [1.54, 1.807) is 11.8 Å². The van der Waals surface area contributed by atoms with Crippen LogP contribution in [0.25, 0.3) is 0 Å². The van der Waals surface area contributed by atoms with Crippen molar-refractivity contribution in [3.05, 3.63) is 21.9 Å². The van der Waals surface area contributed by atoms with Crippen LogP contribution in [0, 0.1) is 0 Å². The minimum absolute atomic E-state index is 0.00751. The van der Waals surface area contributed by atoms with E-state index in [1.807, 2.05) is 13.8 Å². The van der Waals surface area contributed by atoms with E-state index in [9.17, 15) is 8.42 Å². The number of nitrogens with one attached hydrogen (secondary N) is 1. The van der Waals surface area contributed by atoms with Crippen LogP contribution in [0.2, 0.25) is 5.15 Å². The van der Waals surface area contributed by atoms with Gasteiger partial charge in [-0.05, 0) is 34.7 Å². The van der Waals surface area contributed by atoms with E-state index in [0.717, 1.165) is 11.5 Å². The maximum Gasteiger partial charge on any atom is 0.243 e. The number of hydrogen-bond acceptors (Lipinski definition) is 4. The summed E-state index contributed by atoms with van der Waals surface area (Å²) in [6.07, 6.45) is 1.46. The van der Waals surface area contributed by atoms with E-state index in [0.29, 0.717) is 4.47 Å². The van der Waals surface area contributed by atoms with Crippen LogP contribution in [0.5, 0.6) is 0 Å². The summed E-state index contributed by atoms with van der Waals surface area (Å²) in [5.41, 5.74) is 0. The highest BCUT2D eigenvalue weighted by atomic mass is 79.9. The molecule has 4 nitrogen and oxygen atoms in total. The van der Waals surface area contributed by atoms with Gasteiger partial charge in [-0.3, -0.25) is 0 Å². The SMILES string of the molecule is CCSCC(C)NS(=O)(=O)c1cc(Br)cnc1Cl. The number of pyridine rings is 1. The van der Waals surface area contributed by atoms with E-state index in [4.69, 9.17) is 11.6 Å². The summed E-state index contributed by atoms with van der Waals surface area (Å²) in [4.78, 5) is 3.80. The monoisotopic (exact) mass is 372 g/mol. The summed E-state index contributed by atoms with van der Waals surface area (Å²) in [6, 6.07) is 1.28. The Kier molecular flexibility index (Phi) is 6.40. The molecule has 0 bridgehead atoms. The zero-order valence-corrected chi connectivity index (χ0v) is 14.0. The highest BCUT2D eigenvalue weighted by Crippen LogP contribution is 2.22. The Hall–Kier alpha value is 0.180. The van der Waals surface area contributed by atoms with Crippen LogP contribution in [0.4, 0.5) is 0 Å². The molecule has 1 rings (SSSR count). The Morgan fingerprint density at radius 1 is 1.61 bits per heavy atom. The number of nitrogens with zero attached hydrogens (tertiary/aromatic N) is 1. The molecular weight excluding hydrogens is 360 g/mol. The van der Waals surface area contributed by atoms with Crippen molar-refractivity contribution in [2.45, 2.75) is 24.8 Å². The second-order valence-corrected chi connectivity index (χ2v) is 7.90.